The minimum atomic E-state index is -0.400. The maximum atomic E-state index is 12.0. The van der Waals surface area contributed by atoms with Crippen molar-refractivity contribution < 1.29 is 18.8 Å². The van der Waals surface area contributed by atoms with Crippen molar-refractivity contribution in [2.45, 2.75) is 85.5 Å². The Kier molecular flexibility index (Phi) is 15.3. The van der Waals surface area contributed by atoms with E-state index in [9.17, 15) is 9.59 Å². The van der Waals surface area contributed by atoms with E-state index in [-0.39, 0.29) is 5.78 Å². The van der Waals surface area contributed by atoms with Crippen LogP contribution in [0.15, 0.2) is 12.2 Å². The van der Waals surface area contributed by atoms with Crippen LogP contribution < -0.4 is 0 Å². The monoisotopic (exact) mass is 368 g/mol. The number of rotatable bonds is 17. The fourth-order valence-corrected chi connectivity index (χ4v) is 3.19. The summed E-state index contributed by atoms with van der Waals surface area (Å²) in [6, 6.07) is 0. The van der Waals surface area contributed by atoms with Gasteiger partial charge in [0.05, 0.1) is 39.2 Å². The number of unbranched alkanes of at least 4 members (excludes halogenated alkanes) is 7. The van der Waals surface area contributed by atoms with E-state index in [1.165, 1.54) is 50.7 Å². The Morgan fingerprint density at radius 2 is 1.31 bits per heavy atom. The molecule has 0 aliphatic carbocycles. The lowest BCUT2D eigenvalue weighted by Gasteiger charge is -2.35. The van der Waals surface area contributed by atoms with E-state index in [0.29, 0.717) is 13.0 Å². The third kappa shape index (κ3) is 12.2. The van der Waals surface area contributed by atoms with Gasteiger partial charge in [-0.2, -0.15) is 0 Å². The number of quaternary nitrogens is 1. The summed E-state index contributed by atoms with van der Waals surface area (Å²) < 4.78 is 6.11. The molecule has 0 aliphatic rings. The van der Waals surface area contributed by atoms with Crippen LogP contribution in [-0.2, 0) is 14.3 Å². The highest BCUT2D eigenvalue weighted by molar-refractivity contribution is 5.95. The molecular formula is C22H42NO3+. The molecule has 0 rings (SSSR count). The van der Waals surface area contributed by atoms with E-state index < -0.39 is 5.97 Å². The van der Waals surface area contributed by atoms with E-state index in [2.05, 4.69) is 27.7 Å². The van der Waals surface area contributed by atoms with Gasteiger partial charge in [0, 0.05) is 6.08 Å². The summed E-state index contributed by atoms with van der Waals surface area (Å²) in [6.45, 7) is 13.1. The Balaban J connectivity index is 3.80. The molecule has 4 heteroatoms. The predicted octanol–water partition coefficient (Wildman–Crippen LogP) is 5.06. The Morgan fingerprint density at radius 1 is 0.769 bits per heavy atom. The van der Waals surface area contributed by atoms with Crippen LogP contribution in [0, 0.1) is 0 Å². The molecule has 0 aromatic heterocycles. The summed E-state index contributed by atoms with van der Waals surface area (Å²) in [5, 5.41) is 0. The summed E-state index contributed by atoms with van der Waals surface area (Å²) in [4.78, 5) is 23.6. The average Bonchev–Trinajstić information content (AvgIpc) is 2.66. The Labute approximate surface area is 161 Å². The van der Waals surface area contributed by atoms with Crippen molar-refractivity contribution in [2.75, 3.05) is 32.8 Å². The molecule has 0 bridgehead atoms. The molecule has 0 N–H and O–H groups in total. The molecule has 26 heavy (non-hydrogen) atoms. The number of nitrogens with zero attached hydrogens (tertiary/aromatic N) is 1. The number of hydrogen-bond acceptors (Lipinski definition) is 3. The van der Waals surface area contributed by atoms with Crippen LogP contribution in [0.25, 0.3) is 0 Å². The van der Waals surface area contributed by atoms with Gasteiger partial charge in [0.2, 0.25) is 0 Å². The van der Waals surface area contributed by atoms with Crippen molar-refractivity contribution in [3.05, 3.63) is 12.2 Å². The topological polar surface area (TPSA) is 43.4 Å². The molecule has 152 valence electrons. The summed E-state index contributed by atoms with van der Waals surface area (Å²) >= 11 is 0. The van der Waals surface area contributed by atoms with E-state index in [1.807, 2.05) is 0 Å². The lowest BCUT2D eigenvalue weighted by molar-refractivity contribution is -0.922. The third-order valence-corrected chi connectivity index (χ3v) is 5.49. The minimum Gasteiger partial charge on any atom is -0.463 e. The Morgan fingerprint density at radius 3 is 1.85 bits per heavy atom. The van der Waals surface area contributed by atoms with Gasteiger partial charge in [-0.15, -0.1) is 0 Å². The molecular weight excluding hydrogens is 326 g/mol. The highest BCUT2D eigenvalue weighted by Crippen LogP contribution is 2.09. The zero-order valence-electron chi connectivity index (χ0n) is 17.7. The van der Waals surface area contributed by atoms with E-state index in [1.54, 1.807) is 0 Å². The van der Waals surface area contributed by atoms with Crippen molar-refractivity contribution in [3.63, 3.8) is 0 Å². The van der Waals surface area contributed by atoms with Gasteiger partial charge in [0.15, 0.2) is 5.78 Å². The maximum absolute atomic E-state index is 12.0. The molecule has 0 amide bonds. The molecule has 0 saturated carbocycles. The fourth-order valence-electron chi connectivity index (χ4n) is 3.19. The van der Waals surface area contributed by atoms with Gasteiger partial charge in [-0.05, 0) is 33.3 Å². The number of hydrogen-bond donors (Lipinski definition) is 0. The number of carbonyl (C=O) groups excluding carboxylic acids is 2. The Hall–Kier alpha value is -1.16. The van der Waals surface area contributed by atoms with Gasteiger partial charge in [-0.1, -0.05) is 51.9 Å². The van der Waals surface area contributed by atoms with Crippen LogP contribution in [0.5, 0.6) is 0 Å². The quantitative estimate of drug-likeness (QED) is 0.156. The second kappa shape index (κ2) is 16.0. The van der Waals surface area contributed by atoms with Gasteiger partial charge in [-0.25, -0.2) is 4.79 Å². The second-order valence-electron chi connectivity index (χ2n) is 7.21. The van der Waals surface area contributed by atoms with Crippen molar-refractivity contribution in [2.24, 2.45) is 0 Å². The SMILES string of the molecule is CCCCCCCCCCOC(=O)/C=C\C(=O)CC[N+](CC)(CC)CC. The first-order chi connectivity index (χ1) is 12.5. The highest BCUT2D eigenvalue weighted by Gasteiger charge is 2.21. The summed E-state index contributed by atoms with van der Waals surface area (Å²) in [6.07, 6.45) is 12.9. The van der Waals surface area contributed by atoms with Gasteiger partial charge in [-0.3, -0.25) is 4.79 Å². The van der Waals surface area contributed by atoms with Crippen molar-refractivity contribution in [3.8, 4) is 0 Å². The molecule has 0 radical (unpaired) electrons. The first kappa shape index (κ1) is 24.8. The highest BCUT2D eigenvalue weighted by atomic mass is 16.5. The van der Waals surface area contributed by atoms with E-state index in [4.69, 9.17) is 4.74 Å². The van der Waals surface area contributed by atoms with Crippen LogP contribution in [0.3, 0.4) is 0 Å². The van der Waals surface area contributed by atoms with Crippen LogP contribution in [-0.4, -0.2) is 49.0 Å². The molecule has 0 aromatic carbocycles. The number of carbonyl (C=O) groups is 2. The van der Waals surface area contributed by atoms with Crippen molar-refractivity contribution in [1.29, 1.82) is 0 Å². The lowest BCUT2D eigenvalue weighted by Crippen LogP contribution is -2.48. The lowest BCUT2D eigenvalue weighted by atomic mass is 10.1. The molecule has 4 nitrogen and oxygen atoms in total. The van der Waals surface area contributed by atoms with E-state index >= 15 is 0 Å². The molecule has 0 spiro atoms. The average molecular weight is 369 g/mol. The zero-order valence-corrected chi connectivity index (χ0v) is 17.7. The number of ketones is 1. The van der Waals surface area contributed by atoms with Crippen molar-refractivity contribution in [1.82, 2.24) is 0 Å². The predicted molar refractivity (Wildman–Crippen MR) is 109 cm³/mol. The maximum Gasteiger partial charge on any atom is 0.330 e. The first-order valence-corrected chi connectivity index (χ1v) is 10.8. The minimum absolute atomic E-state index is 0.00637. The number of esters is 1. The van der Waals surface area contributed by atoms with E-state index in [0.717, 1.165) is 43.5 Å². The smallest absolute Gasteiger partial charge is 0.330 e. The molecule has 0 heterocycles. The van der Waals surface area contributed by atoms with Crippen molar-refractivity contribution >= 4 is 11.8 Å². The van der Waals surface area contributed by atoms with Gasteiger partial charge >= 0.3 is 5.97 Å². The zero-order chi connectivity index (χ0) is 19.7. The normalized spacial score (nSPS) is 11.8. The molecule has 0 unspecified atom stereocenters. The standard InChI is InChI=1S/C22H42NO3/c1-5-9-10-11-12-13-14-15-20-26-22(25)17-16-21(24)18-19-23(6-2,7-3)8-4/h16-17H,5-15,18-20H2,1-4H3/q+1/b17-16-. The largest absolute Gasteiger partial charge is 0.463 e. The van der Waals surface area contributed by atoms with Crippen LogP contribution in [0.2, 0.25) is 0 Å². The first-order valence-electron chi connectivity index (χ1n) is 10.8. The van der Waals surface area contributed by atoms with Crippen LogP contribution >= 0.6 is 0 Å². The molecule has 0 aliphatic heterocycles. The molecule has 0 fully saturated rings. The third-order valence-electron chi connectivity index (χ3n) is 5.49. The summed E-state index contributed by atoms with van der Waals surface area (Å²) in [7, 11) is 0. The molecule has 0 aromatic rings. The van der Waals surface area contributed by atoms with Gasteiger partial charge in [0.25, 0.3) is 0 Å². The summed E-state index contributed by atoms with van der Waals surface area (Å²) in [5.74, 6) is -0.393. The molecule has 0 saturated heterocycles. The van der Waals surface area contributed by atoms with Crippen LogP contribution in [0.1, 0.15) is 85.5 Å². The number of ether oxygens (including phenoxy) is 1. The second-order valence-corrected chi connectivity index (χ2v) is 7.21. The van der Waals surface area contributed by atoms with Gasteiger partial charge in [0.1, 0.15) is 0 Å². The summed E-state index contributed by atoms with van der Waals surface area (Å²) in [5.41, 5.74) is 0. The Bertz CT molecular complexity index is 392. The van der Waals surface area contributed by atoms with Gasteiger partial charge < -0.3 is 9.22 Å². The number of allylic oxidation sites excluding steroid dienone is 1. The molecule has 0 atom stereocenters. The van der Waals surface area contributed by atoms with Crippen LogP contribution in [0.4, 0.5) is 0 Å². The fraction of sp³-hybridized carbons (Fsp3) is 0.818.